The van der Waals surface area contributed by atoms with Crippen LogP contribution in [0, 0.1) is 0 Å². The molecule has 0 aliphatic carbocycles. The third-order valence-corrected chi connectivity index (χ3v) is 1.86. The van der Waals surface area contributed by atoms with E-state index >= 15 is 0 Å². The summed E-state index contributed by atoms with van der Waals surface area (Å²) in [4.78, 5) is 10.4. The maximum atomic E-state index is 10.4. The van der Waals surface area contributed by atoms with E-state index < -0.39 is 5.97 Å². The molecule has 1 atom stereocenters. The fourth-order valence-corrected chi connectivity index (χ4v) is 0.831. The SMILES string of the molecule is CC[C@H](C)c1cc(C(=O)O)on1. The van der Waals surface area contributed by atoms with Gasteiger partial charge >= 0.3 is 5.97 Å². The average Bonchev–Trinajstić information content (AvgIpc) is 2.51. The van der Waals surface area contributed by atoms with Gasteiger partial charge in [0.25, 0.3) is 0 Å². The van der Waals surface area contributed by atoms with Crippen molar-refractivity contribution in [1.82, 2.24) is 5.16 Å². The zero-order valence-electron chi connectivity index (χ0n) is 7.07. The second kappa shape index (κ2) is 3.38. The number of carboxylic acid groups (broad SMARTS) is 1. The minimum atomic E-state index is -1.07. The lowest BCUT2D eigenvalue weighted by atomic mass is 10.1. The van der Waals surface area contributed by atoms with Crippen molar-refractivity contribution in [2.45, 2.75) is 26.2 Å². The predicted octanol–water partition coefficient (Wildman–Crippen LogP) is 1.89. The summed E-state index contributed by atoms with van der Waals surface area (Å²) in [5, 5.41) is 12.2. The monoisotopic (exact) mass is 169 g/mol. The Hall–Kier alpha value is -1.32. The third kappa shape index (κ3) is 1.64. The Morgan fingerprint density at radius 2 is 2.50 bits per heavy atom. The molecule has 12 heavy (non-hydrogen) atoms. The molecular weight excluding hydrogens is 158 g/mol. The molecule has 66 valence electrons. The lowest BCUT2D eigenvalue weighted by Gasteiger charge is -1.99. The molecule has 0 unspecified atom stereocenters. The molecule has 4 nitrogen and oxygen atoms in total. The molecule has 0 aliphatic heterocycles. The Labute approximate surface area is 70.2 Å². The summed E-state index contributed by atoms with van der Waals surface area (Å²) in [5.74, 6) is -0.913. The van der Waals surface area contributed by atoms with Crippen LogP contribution in [-0.2, 0) is 0 Å². The van der Waals surface area contributed by atoms with Gasteiger partial charge in [-0.2, -0.15) is 0 Å². The first kappa shape index (κ1) is 8.77. The molecule has 1 aromatic rings. The molecule has 0 fully saturated rings. The van der Waals surface area contributed by atoms with Crippen LogP contribution in [0.5, 0.6) is 0 Å². The van der Waals surface area contributed by atoms with Crippen LogP contribution in [0.25, 0.3) is 0 Å². The van der Waals surface area contributed by atoms with Crippen molar-refractivity contribution < 1.29 is 14.4 Å². The van der Waals surface area contributed by atoms with Crippen LogP contribution in [0.4, 0.5) is 0 Å². The quantitative estimate of drug-likeness (QED) is 0.750. The molecule has 1 heterocycles. The van der Waals surface area contributed by atoms with Crippen molar-refractivity contribution in [1.29, 1.82) is 0 Å². The molecule has 1 aromatic heterocycles. The first-order chi connectivity index (χ1) is 5.65. The second-order valence-corrected chi connectivity index (χ2v) is 2.73. The molecule has 0 saturated heterocycles. The summed E-state index contributed by atoms with van der Waals surface area (Å²) in [7, 11) is 0. The van der Waals surface area contributed by atoms with E-state index in [2.05, 4.69) is 9.68 Å². The van der Waals surface area contributed by atoms with E-state index in [9.17, 15) is 4.79 Å². The normalized spacial score (nSPS) is 12.8. The minimum Gasteiger partial charge on any atom is -0.475 e. The average molecular weight is 169 g/mol. The van der Waals surface area contributed by atoms with Gasteiger partial charge in [0, 0.05) is 12.0 Å². The third-order valence-electron chi connectivity index (χ3n) is 1.86. The molecule has 1 N–H and O–H groups in total. The number of aromatic carboxylic acids is 1. The highest BCUT2D eigenvalue weighted by Crippen LogP contribution is 2.17. The molecule has 0 saturated carbocycles. The lowest BCUT2D eigenvalue weighted by Crippen LogP contribution is -1.93. The highest BCUT2D eigenvalue weighted by atomic mass is 16.5. The number of hydrogen-bond donors (Lipinski definition) is 1. The van der Waals surface area contributed by atoms with Crippen LogP contribution in [0.3, 0.4) is 0 Å². The van der Waals surface area contributed by atoms with Crippen LogP contribution < -0.4 is 0 Å². The van der Waals surface area contributed by atoms with Crippen LogP contribution in [0.15, 0.2) is 10.6 Å². The Morgan fingerprint density at radius 1 is 1.83 bits per heavy atom. The fourth-order valence-electron chi connectivity index (χ4n) is 0.831. The zero-order valence-corrected chi connectivity index (χ0v) is 7.07. The topological polar surface area (TPSA) is 63.3 Å². The smallest absolute Gasteiger partial charge is 0.374 e. The van der Waals surface area contributed by atoms with Crippen molar-refractivity contribution >= 4 is 5.97 Å². The van der Waals surface area contributed by atoms with Gasteiger partial charge in [0.05, 0.1) is 5.69 Å². The minimum absolute atomic E-state index is 0.0923. The predicted molar refractivity (Wildman–Crippen MR) is 42.2 cm³/mol. The Balaban J connectivity index is 2.84. The number of hydrogen-bond acceptors (Lipinski definition) is 3. The first-order valence-corrected chi connectivity index (χ1v) is 3.85. The van der Waals surface area contributed by atoms with E-state index in [-0.39, 0.29) is 11.7 Å². The number of rotatable bonds is 3. The fraction of sp³-hybridized carbons (Fsp3) is 0.500. The van der Waals surface area contributed by atoms with E-state index in [1.165, 1.54) is 6.07 Å². The molecule has 0 bridgehead atoms. The van der Waals surface area contributed by atoms with E-state index in [0.717, 1.165) is 6.42 Å². The van der Waals surface area contributed by atoms with Gasteiger partial charge in [-0.3, -0.25) is 0 Å². The van der Waals surface area contributed by atoms with Gasteiger partial charge in [-0.15, -0.1) is 0 Å². The van der Waals surface area contributed by atoms with Crippen LogP contribution in [-0.4, -0.2) is 16.2 Å². The highest BCUT2D eigenvalue weighted by Gasteiger charge is 2.13. The van der Waals surface area contributed by atoms with E-state index in [1.807, 2.05) is 13.8 Å². The summed E-state index contributed by atoms with van der Waals surface area (Å²) >= 11 is 0. The molecule has 0 aliphatic rings. The van der Waals surface area contributed by atoms with Crippen molar-refractivity contribution in [3.8, 4) is 0 Å². The molecular formula is C8H11NO3. The van der Waals surface area contributed by atoms with Crippen molar-refractivity contribution in [2.24, 2.45) is 0 Å². The molecule has 0 aromatic carbocycles. The van der Waals surface area contributed by atoms with Crippen molar-refractivity contribution in [3.05, 3.63) is 17.5 Å². The Bertz CT molecular complexity index is 280. The van der Waals surface area contributed by atoms with E-state index in [1.54, 1.807) is 0 Å². The summed E-state index contributed by atoms with van der Waals surface area (Å²) in [6, 6.07) is 1.47. The number of nitrogens with zero attached hydrogens (tertiary/aromatic N) is 1. The summed E-state index contributed by atoms with van der Waals surface area (Å²) < 4.78 is 4.60. The molecule has 0 spiro atoms. The molecule has 0 amide bonds. The van der Waals surface area contributed by atoms with Crippen LogP contribution in [0.2, 0.25) is 0 Å². The van der Waals surface area contributed by atoms with Gasteiger partial charge in [-0.25, -0.2) is 4.79 Å². The van der Waals surface area contributed by atoms with E-state index in [4.69, 9.17) is 5.11 Å². The van der Waals surface area contributed by atoms with Gasteiger partial charge < -0.3 is 9.63 Å². The summed E-state index contributed by atoms with van der Waals surface area (Å²) in [5.41, 5.74) is 0.704. The largest absolute Gasteiger partial charge is 0.475 e. The lowest BCUT2D eigenvalue weighted by molar-refractivity contribution is 0.0652. The number of carbonyl (C=O) groups is 1. The summed E-state index contributed by atoms with van der Waals surface area (Å²) in [6.45, 7) is 3.99. The van der Waals surface area contributed by atoms with Crippen LogP contribution >= 0.6 is 0 Å². The van der Waals surface area contributed by atoms with Gasteiger partial charge in [0.1, 0.15) is 0 Å². The van der Waals surface area contributed by atoms with Crippen molar-refractivity contribution in [2.75, 3.05) is 0 Å². The van der Waals surface area contributed by atoms with Crippen LogP contribution in [0.1, 0.15) is 42.4 Å². The van der Waals surface area contributed by atoms with Gasteiger partial charge in [0.15, 0.2) is 0 Å². The van der Waals surface area contributed by atoms with E-state index in [0.29, 0.717) is 5.69 Å². The van der Waals surface area contributed by atoms with Crippen molar-refractivity contribution in [3.63, 3.8) is 0 Å². The van der Waals surface area contributed by atoms with Gasteiger partial charge in [-0.1, -0.05) is 19.0 Å². The summed E-state index contributed by atoms with van der Waals surface area (Å²) in [6.07, 6.45) is 0.922. The standard InChI is InChI=1S/C8H11NO3/c1-3-5(2)6-4-7(8(10)11)12-9-6/h4-5H,3H2,1-2H3,(H,10,11)/t5-/m0/s1. The zero-order chi connectivity index (χ0) is 9.14. The maximum Gasteiger partial charge on any atom is 0.374 e. The highest BCUT2D eigenvalue weighted by molar-refractivity contribution is 5.84. The maximum absolute atomic E-state index is 10.4. The number of carboxylic acids is 1. The van der Waals surface area contributed by atoms with Gasteiger partial charge in [-0.05, 0) is 6.42 Å². The molecule has 0 radical (unpaired) electrons. The Kier molecular flexibility index (Phi) is 2.47. The Morgan fingerprint density at radius 3 is 2.92 bits per heavy atom. The van der Waals surface area contributed by atoms with Gasteiger partial charge in [0.2, 0.25) is 5.76 Å². The molecule has 4 heteroatoms. The second-order valence-electron chi connectivity index (χ2n) is 2.73. The number of aromatic nitrogens is 1. The first-order valence-electron chi connectivity index (χ1n) is 3.85. The molecule has 1 rings (SSSR count).